The van der Waals surface area contributed by atoms with Crippen molar-refractivity contribution in [3.63, 3.8) is 0 Å². The SMILES string of the molecule is CCOCOc1cc(-c2ccncc2)[nH]c1C1CCN(C(=O)OC(C)(C)C)CC1. The number of hydrogen-bond donors (Lipinski definition) is 1. The largest absolute Gasteiger partial charge is 0.466 e. The summed E-state index contributed by atoms with van der Waals surface area (Å²) >= 11 is 0. The zero-order valence-corrected chi connectivity index (χ0v) is 17.7. The van der Waals surface area contributed by atoms with E-state index < -0.39 is 5.60 Å². The first-order valence-corrected chi connectivity index (χ1v) is 10.2. The Labute approximate surface area is 172 Å². The molecule has 1 aliphatic rings. The predicted molar refractivity (Wildman–Crippen MR) is 111 cm³/mol. The highest BCUT2D eigenvalue weighted by Crippen LogP contribution is 2.37. The van der Waals surface area contributed by atoms with Gasteiger partial charge in [0.2, 0.25) is 0 Å². The second-order valence-electron chi connectivity index (χ2n) is 8.19. The van der Waals surface area contributed by atoms with Crippen molar-refractivity contribution in [1.82, 2.24) is 14.9 Å². The average Bonchev–Trinajstić information content (AvgIpc) is 3.12. The molecular weight excluding hydrogens is 370 g/mol. The molecule has 0 unspecified atom stereocenters. The minimum atomic E-state index is -0.479. The molecule has 29 heavy (non-hydrogen) atoms. The summed E-state index contributed by atoms with van der Waals surface area (Å²) < 4.78 is 16.8. The summed E-state index contributed by atoms with van der Waals surface area (Å²) in [5, 5.41) is 0. The number of carbonyl (C=O) groups excluding carboxylic acids is 1. The van der Waals surface area contributed by atoms with Crippen molar-refractivity contribution in [2.75, 3.05) is 26.5 Å². The molecule has 2 aromatic heterocycles. The monoisotopic (exact) mass is 401 g/mol. The van der Waals surface area contributed by atoms with Crippen LogP contribution in [0.1, 0.15) is 52.1 Å². The quantitative estimate of drug-likeness (QED) is 0.567. The van der Waals surface area contributed by atoms with Crippen LogP contribution in [-0.2, 0) is 9.47 Å². The topological polar surface area (TPSA) is 76.7 Å². The minimum Gasteiger partial charge on any atom is -0.466 e. The van der Waals surface area contributed by atoms with Crippen LogP contribution in [0.3, 0.4) is 0 Å². The fraction of sp³-hybridized carbons (Fsp3) is 0.545. The van der Waals surface area contributed by atoms with Gasteiger partial charge in [0.15, 0.2) is 6.79 Å². The van der Waals surface area contributed by atoms with Crippen molar-refractivity contribution in [3.05, 3.63) is 36.3 Å². The molecule has 7 nitrogen and oxygen atoms in total. The minimum absolute atomic E-state index is 0.216. The van der Waals surface area contributed by atoms with E-state index in [0.717, 1.165) is 35.5 Å². The van der Waals surface area contributed by atoms with Gasteiger partial charge in [0.05, 0.1) is 5.69 Å². The van der Waals surface area contributed by atoms with Crippen LogP contribution in [0.15, 0.2) is 30.6 Å². The van der Waals surface area contributed by atoms with Crippen LogP contribution in [-0.4, -0.2) is 53.1 Å². The molecule has 158 valence electrons. The summed E-state index contributed by atoms with van der Waals surface area (Å²) in [5.41, 5.74) is 2.62. The lowest BCUT2D eigenvalue weighted by atomic mass is 9.93. The molecule has 0 radical (unpaired) electrons. The number of aromatic nitrogens is 2. The van der Waals surface area contributed by atoms with Gasteiger partial charge >= 0.3 is 6.09 Å². The maximum absolute atomic E-state index is 12.3. The molecule has 0 aromatic carbocycles. The number of likely N-dealkylation sites (tertiary alicyclic amines) is 1. The molecule has 1 aliphatic heterocycles. The Morgan fingerprint density at radius 3 is 2.55 bits per heavy atom. The molecule has 3 rings (SSSR count). The molecule has 1 saturated heterocycles. The number of ether oxygens (including phenoxy) is 3. The zero-order valence-electron chi connectivity index (χ0n) is 17.7. The van der Waals surface area contributed by atoms with E-state index in [0.29, 0.717) is 19.7 Å². The number of amides is 1. The summed E-state index contributed by atoms with van der Waals surface area (Å²) in [7, 11) is 0. The highest BCUT2D eigenvalue weighted by atomic mass is 16.7. The molecule has 1 fully saturated rings. The highest BCUT2D eigenvalue weighted by molar-refractivity contribution is 5.68. The lowest BCUT2D eigenvalue weighted by molar-refractivity contribution is 0.0187. The number of nitrogens with one attached hydrogen (secondary N) is 1. The van der Waals surface area contributed by atoms with E-state index in [2.05, 4.69) is 9.97 Å². The summed E-state index contributed by atoms with van der Waals surface area (Å²) in [6.07, 6.45) is 5.00. The van der Waals surface area contributed by atoms with Crippen molar-refractivity contribution < 1.29 is 19.0 Å². The van der Waals surface area contributed by atoms with Crippen LogP contribution >= 0.6 is 0 Å². The maximum atomic E-state index is 12.3. The van der Waals surface area contributed by atoms with Gasteiger partial charge in [-0.1, -0.05) is 0 Å². The normalized spacial score (nSPS) is 15.4. The summed E-state index contributed by atoms with van der Waals surface area (Å²) in [6, 6.07) is 5.95. The van der Waals surface area contributed by atoms with Crippen molar-refractivity contribution in [1.29, 1.82) is 0 Å². The molecular formula is C22H31N3O4. The van der Waals surface area contributed by atoms with E-state index in [1.54, 1.807) is 17.3 Å². The van der Waals surface area contributed by atoms with E-state index in [1.807, 2.05) is 45.9 Å². The number of H-pyrrole nitrogens is 1. The van der Waals surface area contributed by atoms with Gasteiger partial charge < -0.3 is 24.1 Å². The molecule has 0 saturated carbocycles. The van der Waals surface area contributed by atoms with Crippen LogP contribution in [0.25, 0.3) is 11.3 Å². The Balaban J connectivity index is 1.72. The Morgan fingerprint density at radius 1 is 1.24 bits per heavy atom. The van der Waals surface area contributed by atoms with Crippen molar-refractivity contribution >= 4 is 6.09 Å². The molecule has 0 spiro atoms. The third-order valence-corrected chi connectivity index (χ3v) is 4.86. The van der Waals surface area contributed by atoms with Gasteiger partial charge in [-0.3, -0.25) is 4.98 Å². The number of carbonyl (C=O) groups is 1. The molecule has 0 bridgehead atoms. The second kappa shape index (κ2) is 9.31. The fourth-order valence-corrected chi connectivity index (χ4v) is 3.43. The maximum Gasteiger partial charge on any atom is 0.410 e. The van der Waals surface area contributed by atoms with Crippen LogP contribution < -0.4 is 4.74 Å². The number of aromatic amines is 1. The van der Waals surface area contributed by atoms with Crippen LogP contribution in [0, 0.1) is 0 Å². The number of hydrogen-bond acceptors (Lipinski definition) is 5. The van der Waals surface area contributed by atoms with Crippen LogP contribution in [0.2, 0.25) is 0 Å². The Hall–Kier alpha value is -2.54. The van der Waals surface area contributed by atoms with Gasteiger partial charge in [-0.15, -0.1) is 0 Å². The smallest absolute Gasteiger partial charge is 0.410 e. The predicted octanol–water partition coefficient (Wildman–Crippen LogP) is 4.56. The Kier molecular flexibility index (Phi) is 6.79. The number of rotatable bonds is 6. The van der Waals surface area contributed by atoms with Crippen LogP contribution in [0.5, 0.6) is 5.75 Å². The first kappa shape index (κ1) is 21.2. The third kappa shape index (κ3) is 5.73. The summed E-state index contributed by atoms with van der Waals surface area (Å²) in [5.74, 6) is 1.09. The van der Waals surface area contributed by atoms with Crippen molar-refractivity contribution in [2.45, 2.75) is 52.1 Å². The number of piperidine rings is 1. The first-order valence-electron chi connectivity index (χ1n) is 10.2. The lowest BCUT2D eigenvalue weighted by Gasteiger charge is -2.33. The highest BCUT2D eigenvalue weighted by Gasteiger charge is 2.30. The molecule has 1 amide bonds. The van der Waals surface area contributed by atoms with Gasteiger partial charge in [-0.05, 0) is 52.7 Å². The Bertz CT molecular complexity index is 790. The van der Waals surface area contributed by atoms with E-state index in [4.69, 9.17) is 14.2 Å². The molecule has 0 aliphatic carbocycles. The number of pyridine rings is 1. The van der Waals surface area contributed by atoms with E-state index in [1.165, 1.54) is 0 Å². The van der Waals surface area contributed by atoms with Gasteiger partial charge in [0.1, 0.15) is 11.4 Å². The van der Waals surface area contributed by atoms with E-state index >= 15 is 0 Å². The van der Waals surface area contributed by atoms with Crippen molar-refractivity contribution in [3.8, 4) is 17.0 Å². The van der Waals surface area contributed by atoms with E-state index in [-0.39, 0.29) is 18.8 Å². The van der Waals surface area contributed by atoms with Gasteiger partial charge in [0.25, 0.3) is 0 Å². The second-order valence-corrected chi connectivity index (χ2v) is 8.19. The van der Waals surface area contributed by atoms with Gasteiger partial charge in [-0.25, -0.2) is 4.79 Å². The lowest BCUT2D eigenvalue weighted by Crippen LogP contribution is -2.41. The third-order valence-electron chi connectivity index (χ3n) is 4.86. The molecule has 1 N–H and O–H groups in total. The molecule has 2 aromatic rings. The molecule has 0 atom stereocenters. The standard InChI is InChI=1S/C22H31N3O4/c1-5-27-15-28-19-14-18(16-6-10-23-11-7-16)24-20(19)17-8-12-25(13-9-17)21(26)29-22(2,3)4/h6-7,10-11,14,17,24H,5,8-9,12-13,15H2,1-4H3. The summed E-state index contributed by atoms with van der Waals surface area (Å²) in [6.45, 7) is 9.75. The molecule has 7 heteroatoms. The van der Waals surface area contributed by atoms with E-state index in [9.17, 15) is 4.79 Å². The first-order chi connectivity index (χ1) is 13.9. The number of nitrogens with zero attached hydrogens (tertiary/aromatic N) is 2. The zero-order chi connectivity index (χ0) is 20.9. The van der Waals surface area contributed by atoms with Gasteiger partial charge in [-0.2, -0.15) is 0 Å². The average molecular weight is 402 g/mol. The molecule has 3 heterocycles. The van der Waals surface area contributed by atoms with Crippen LogP contribution in [0.4, 0.5) is 4.79 Å². The van der Waals surface area contributed by atoms with Gasteiger partial charge in [0, 0.05) is 55.3 Å². The van der Waals surface area contributed by atoms with Crippen molar-refractivity contribution in [2.24, 2.45) is 0 Å². The Morgan fingerprint density at radius 2 is 1.93 bits per heavy atom. The summed E-state index contributed by atoms with van der Waals surface area (Å²) in [4.78, 5) is 21.7. The fourth-order valence-electron chi connectivity index (χ4n) is 3.43.